The summed E-state index contributed by atoms with van der Waals surface area (Å²) in [5.41, 5.74) is 0. The molecule has 0 bridgehead atoms. The summed E-state index contributed by atoms with van der Waals surface area (Å²) in [5.74, 6) is 0. The van der Waals surface area contributed by atoms with Crippen LogP contribution < -0.4 is 5.32 Å². The van der Waals surface area contributed by atoms with Crippen molar-refractivity contribution in [2.24, 2.45) is 0 Å². The van der Waals surface area contributed by atoms with Crippen LogP contribution in [0.15, 0.2) is 0 Å². The molecule has 15 heavy (non-hydrogen) atoms. The second kappa shape index (κ2) is 7.20. The number of nitrogens with zero attached hydrogens (tertiary/aromatic N) is 1. The zero-order valence-corrected chi connectivity index (χ0v) is 10.5. The first-order valence-electron chi connectivity index (χ1n) is 6.24. The number of nitrogens with one attached hydrogen (secondary N) is 1. The Bertz CT molecular complexity index is 164. The van der Waals surface area contributed by atoms with Crippen LogP contribution in [0.4, 0.5) is 0 Å². The molecule has 1 heterocycles. The fourth-order valence-electron chi connectivity index (χ4n) is 2.09. The van der Waals surface area contributed by atoms with Crippen LogP contribution in [0, 0.1) is 0 Å². The molecule has 3 nitrogen and oxygen atoms in total. The lowest BCUT2D eigenvalue weighted by Crippen LogP contribution is -2.36. The van der Waals surface area contributed by atoms with Gasteiger partial charge in [-0.3, -0.25) is 0 Å². The molecule has 1 fully saturated rings. The molecule has 90 valence electrons. The first kappa shape index (κ1) is 12.9. The second-order valence-corrected chi connectivity index (χ2v) is 4.52. The predicted octanol–water partition coefficient (Wildman–Crippen LogP) is 1.49. The van der Waals surface area contributed by atoms with Gasteiger partial charge < -0.3 is 15.0 Å². The van der Waals surface area contributed by atoms with Crippen LogP contribution in [-0.4, -0.2) is 50.3 Å². The van der Waals surface area contributed by atoms with E-state index in [1.807, 2.05) is 0 Å². The Balaban J connectivity index is 2.19. The largest absolute Gasteiger partial charge is 0.380 e. The van der Waals surface area contributed by atoms with Crippen LogP contribution in [0.2, 0.25) is 0 Å². The molecular formula is C12H26N2O. The molecule has 0 aromatic rings. The van der Waals surface area contributed by atoms with Crippen LogP contribution in [0.5, 0.6) is 0 Å². The van der Waals surface area contributed by atoms with Gasteiger partial charge in [0.05, 0.1) is 6.10 Å². The number of methoxy groups -OCH3 is 1. The number of rotatable bonds is 5. The number of hydrogen-bond donors (Lipinski definition) is 1. The Labute approximate surface area is 94.2 Å². The van der Waals surface area contributed by atoms with Gasteiger partial charge in [0.1, 0.15) is 0 Å². The summed E-state index contributed by atoms with van der Waals surface area (Å²) in [6, 6.07) is 0.694. The third-order valence-electron chi connectivity index (χ3n) is 3.36. The Hall–Kier alpha value is -0.120. The van der Waals surface area contributed by atoms with Crippen molar-refractivity contribution in [3.8, 4) is 0 Å². The van der Waals surface area contributed by atoms with Gasteiger partial charge in [-0.1, -0.05) is 6.92 Å². The Morgan fingerprint density at radius 3 is 2.87 bits per heavy atom. The first-order valence-corrected chi connectivity index (χ1v) is 6.24. The van der Waals surface area contributed by atoms with Crippen LogP contribution >= 0.6 is 0 Å². The molecule has 3 heteroatoms. The maximum absolute atomic E-state index is 5.24. The van der Waals surface area contributed by atoms with Gasteiger partial charge in [0.15, 0.2) is 0 Å². The van der Waals surface area contributed by atoms with E-state index in [4.69, 9.17) is 4.74 Å². The molecule has 1 rings (SSSR count). The van der Waals surface area contributed by atoms with Crippen LogP contribution in [0.1, 0.15) is 33.1 Å². The van der Waals surface area contributed by atoms with Gasteiger partial charge in [-0.2, -0.15) is 0 Å². The van der Waals surface area contributed by atoms with Gasteiger partial charge in [-0.25, -0.2) is 0 Å². The lowest BCUT2D eigenvalue weighted by molar-refractivity contribution is 0.113. The van der Waals surface area contributed by atoms with Crippen molar-refractivity contribution >= 4 is 0 Å². The highest BCUT2D eigenvalue weighted by Gasteiger charge is 2.15. The van der Waals surface area contributed by atoms with Crippen LogP contribution in [-0.2, 0) is 4.74 Å². The fraction of sp³-hybridized carbons (Fsp3) is 1.00. The summed E-state index contributed by atoms with van der Waals surface area (Å²) in [7, 11) is 1.78. The summed E-state index contributed by atoms with van der Waals surface area (Å²) in [6.07, 6.45) is 4.25. The minimum Gasteiger partial charge on any atom is -0.380 e. The van der Waals surface area contributed by atoms with Gasteiger partial charge in [0.25, 0.3) is 0 Å². The molecular weight excluding hydrogens is 188 g/mol. The molecule has 1 aliphatic rings. The molecule has 2 unspecified atom stereocenters. The van der Waals surface area contributed by atoms with E-state index < -0.39 is 0 Å². The number of ether oxygens (including phenoxy) is 1. The minimum atomic E-state index is 0.329. The molecule has 2 atom stereocenters. The monoisotopic (exact) mass is 214 g/mol. The van der Waals surface area contributed by atoms with Gasteiger partial charge >= 0.3 is 0 Å². The van der Waals surface area contributed by atoms with Crippen molar-refractivity contribution in [3.05, 3.63) is 0 Å². The maximum atomic E-state index is 5.24. The van der Waals surface area contributed by atoms with Crippen molar-refractivity contribution in [1.82, 2.24) is 10.2 Å². The van der Waals surface area contributed by atoms with E-state index in [0.29, 0.717) is 12.1 Å². The molecule has 1 saturated heterocycles. The number of likely N-dealkylation sites (tertiary alicyclic amines) is 1. The van der Waals surface area contributed by atoms with E-state index in [0.717, 1.165) is 6.54 Å². The SMILES string of the molecule is CCN1CCCC(NCC(C)OC)CC1. The smallest absolute Gasteiger partial charge is 0.0667 e. The van der Waals surface area contributed by atoms with Gasteiger partial charge in [-0.15, -0.1) is 0 Å². The molecule has 0 aliphatic carbocycles. The second-order valence-electron chi connectivity index (χ2n) is 4.52. The third kappa shape index (κ3) is 4.96. The standard InChI is InChI=1S/C12H26N2O/c1-4-14-8-5-6-12(7-9-14)13-10-11(2)15-3/h11-13H,4-10H2,1-3H3. The van der Waals surface area contributed by atoms with Crippen molar-refractivity contribution in [2.45, 2.75) is 45.3 Å². The molecule has 0 amide bonds. The molecule has 0 radical (unpaired) electrons. The highest BCUT2D eigenvalue weighted by atomic mass is 16.5. The van der Waals surface area contributed by atoms with Crippen LogP contribution in [0.25, 0.3) is 0 Å². The fourth-order valence-corrected chi connectivity index (χ4v) is 2.09. The van der Waals surface area contributed by atoms with E-state index in [9.17, 15) is 0 Å². The molecule has 0 aromatic heterocycles. The maximum Gasteiger partial charge on any atom is 0.0667 e. The normalized spacial score (nSPS) is 26.2. The third-order valence-corrected chi connectivity index (χ3v) is 3.36. The average molecular weight is 214 g/mol. The van der Waals surface area contributed by atoms with Crippen molar-refractivity contribution in [3.63, 3.8) is 0 Å². The quantitative estimate of drug-likeness (QED) is 0.750. The first-order chi connectivity index (χ1) is 7.26. The zero-order valence-electron chi connectivity index (χ0n) is 10.5. The summed E-state index contributed by atoms with van der Waals surface area (Å²) < 4.78 is 5.24. The zero-order chi connectivity index (χ0) is 11.1. The van der Waals surface area contributed by atoms with Crippen molar-refractivity contribution < 1.29 is 4.74 Å². The van der Waals surface area contributed by atoms with E-state index in [2.05, 4.69) is 24.1 Å². The van der Waals surface area contributed by atoms with Crippen molar-refractivity contribution in [1.29, 1.82) is 0 Å². The molecule has 0 aromatic carbocycles. The van der Waals surface area contributed by atoms with Gasteiger partial charge in [-0.05, 0) is 45.8 Å². The number of hydrogen-bond acceptors (Lipinski definition) is 3. The minimum absolute atomic E-state index is 0.329. The van der Waals surface area contributed by atoms with E-state index >= 15 is 0 Å². The van der Waals surface area contributed by atoms with E-state index in [-0.39, 0.29) is 0 Å². The molecule has 0 spiro atoms. The average Bonchev–Trinajstić information content (AvgIpc) is 2.50. The Morgan fingerprint density at radius 1 is 1.40 bits per heavy atom. The summed E-state index contributed by atoms with van der Waals surface area (Å²) in [4.78, 5) is 2.54. The summed E-state index contributed by atoms with van der Waals surface area (Å²) in [6.45, 7) is 9.06. The molecule has 1 aliphatic heterocycles. The Kier molecular flexibility index (Phi) is 6.22. The highest BCUT2D eigenvalue weighted by Crippen LogP contribution is 2.10. The molecule has 0 saturated carbocycles. The van der Waals surface area contributed by atoms with E-state index in [1.54, 1.807) is 7.11 Å². The van der Waals surface area contributed by atoms with Crippen molar-refractivity contribution in [2.75, 3.05) is 33.3 Å². The predicted molar refractivity (Wildman–Crippen MR) is 64.2 cm³/mol. The Morgan fingerprint density at radius 2 is 2.20 bits per heavy atom. The topological polar surface area (TPSA) is 24.5 Å². The summed E-state index contributed by atoms with van der Waals surface area (Å²) >= 11 is 0. The lowest BCUT2D eigenvalue weighted by Gasteiger charge is -2.20. The van der Waals surface area contributed by atoms with E-state index in [1.165, 1.54) is 38.9 Å². The van der Waals surface area contributed by atoms with Gasteiger partial charge in [0, 0.05) is 19.7 Å². The highest BCUT2D eigenvalue weighted by molar-refractivity contribution is 4.75. The lowest BCUT2D eigenvalue weighted by atomic mass is 10.1. The van der Waals surface area contributed by atoms with Gasteiger partial charge in [0.2, 0.25) is 0 Å². The van der Waals surface area contributed by atoms with Crippen LogP contribution in [0.3, 0.4) is 0 Å². The molecule has 1 N–H and O–H groups in total. The summed E-state index contributed by atoms with van der Waals surface area (Å²) in [5, 5.41) is 3.61.